The molecule has 0 aromatic carbocycles. The van der Waals surface area contributed by atoms with Crippen LogP contribution in [-0.2, 0) is 7.05 Å². The number of hydrogen-bond acceptors (Lipinski definition) is 5. The Morgan fingerprint density at radius 2 is 1.91 bits per heavy atom. The van der Waals surface area contributed by atoms with Crippen LogP contribution in [0.25, 0.3) is 17.8 Å². The number of aryl methyl sites for hydroxylation is 1. The van der Waals surface area contributed by atoms with Gasteiger partial charge in [-0.3, -0.25) is 0 Å². The van der Waals surface area contributed by atoms with Gasteiger partial charge in [-0.1, -0.05) is 11.6 Å². The van der Waals surface area contributed by atoms with Gasteiger partial charge in [0.2, 0.25) is 5.95 Å². The summed E-state index contributed by atoms with van der Waals surface area (Å²) in [6, 6.07) is 3.63. The Kier molecular flexibility index (Phi) is 3.49. The summed E-state index contributed by atoms with van der Waals surface area (Å²) in [6.07, 6.45) is 7.85. The molecular formula is C15H16ClN7. The van der Waals surface area contributed by atoms with Crippen molar-refractivity contribution in [3.63, 3.8) is 0 Å². The number of rotatable bonds is 3. The number of fused-ring (bicyclic) bond motifs is 1. The largest absolute Gasteiger partial charge is 0.340 e. The van der Waals surface area contributed by atoms with Crippen LogP contribution in [0.1, 0.15) is 24.5 Å². The molecule has 0 unspecified atom stereocenters. The molecule has 0 N–H and O–H groups in total. The predicted octanol–water partition coefficient (Wildman–Crippen LogP) is 2.28. The maximum atomic E-state index is 5.95. The Hall–Kier alpha value is -2.41. The molecule has 8 heteroatoms. The van der Waals surface area contributed by atoms with E-state index in [1.54, 1.807) is 21.5 Å². The van der Waals surface area contributed by atoms with E-state index in [4.69, 9.17) is 11.6 Å². The Morgan fingerprint density at radius 3 is 2.74 bits per heavy atom. The minimum absolute atomic E-state index is 0.609. The van der Waals surface area contributed by atoms with Crippen LogP contribution < -0.4 is 4.90 Å². The summed E-state index contributed by atoms with van der Waals surface area (Å²) in [6.45, 7) is 2.06. The van der Waals surface area contributed by atoms with E-state index >= 15 is 0 Å². The molecule has 23 heavy (non-hydrogen) atoms. The molecule has 0 aliphatic carbocycles. The summed E-state index contributed by atoms with van der Waals surface area (Å²) in [5.41, 5.74) is 0.754. The van der Waals surface area contributed by atoms with Crippen LogP contribution in [0.2, 0.25) is 5.02 Å². The van der Waals surface area contributed by atoms with Gasteiger partial charge in [0.15, 0.2) is 17.3 Å². The Bertz CT molecular complexity index is 873. The normalized spacial score (nSPS) is 15.3. The lowest BCUT2D eigenvalue weighted by Gasteiger charge is -2.10. The summed E-state index contributed by atoms with van der Waals surface area (Å²) < 4.78 is 3.44. The second-order valence-electron chi connectivity index (χ2n) is 5.54. The minimum atomic E-state index is 0.609. The van der Waals surface area contributed by atoms with E-state index in [1.165, 1.54) is 12.8 Å². The molecule has 0 spiro atoms. The molecule has 0 radical (unpaired) electrons. The molecule has 0 atom stereocenters. The smallest absolute Gasteiger partial charge is 0.245 e. The third-order valence-electron chi connectivity index (χ3n) is 3.87. The summed E-state index contributed by atoms with van der Waals surface area (Å²) in [4.78, 5) is 11.2. The highest BCUT2D eigenvalue weighted by Gasteiger charge is 2.17. The summed E-state index contributed by atoms with van der Waals surface area (Å²) >= 11 is 5.95. The van der Waals surface area contributed by atoms with Gasteiger partial charge in [-0.15, -0.1) is 10.2 Å². The third-order valence-corrected chi connectivity index (χ3v) is 4.09. The van der Waals surface area contributed by atoms with E-state index in [-0.39, 0.29) is 0 Å². The second kappa shape index (κ2) is 5.66. The Labute approximate surface area is 138 Å². The van der Waals surface area contributed by atoms with Gasteiger partial charge < -0.3 is 4.90 Å². The van der Waals surface area contributed by atoms with Crippen molar-refractivity contribution in [2.45, 2.75) is 12.8 Å². The topological polar surface area (TPSA) is 64.1 Å². The van der Waals surface area contributed by atoms with Gasteiger partial charge in [-0.05, 0) is 37.1 Å². The molecule has 1 fully saturated rings. The highest BCUT2D eigenvalue weighted by molar-refractivity contribution is 6.30. The number of halogens is 1. The van der Waals surface area contributed by atoms with E-state index in [0.717, 1.165) is 30.5 Å². The molecule has 0 saturated carbocycles. The maximum Gasteiger partial charge on any atom is 0.245 e. The number of anilines is 1. The SMILES string of the molecule is Cn1nc(N2CCCC2)nc1/C=C/c1nc2ccc(Cl)cn2n1. The van der Waals surface area contributed by atoms with Crippen LogP contribution in [0.3, 0.4) is 0 Å². The van der Waals surface area contributed by atoms with Crippen molar-refractivity contribution in [2.75, 3.05) is 18.0 Å². The van der Waals surface area contributed by atoms with Gasteiger partial charge in [0.05, 0.1) is 5.02 Å². The zero-order valence-electron chi connectivity index (χ0n) is 12.7. The van der Waals surface area contributed by atoms with Crippen LogP contribution in [0.5, 0.6) is 0 Å². The van der Waals surface area contributed by atoms with E-state index in [0.29, 0.717) is 10.8 Å². The molecule has 4 heterocycles. The molecule has 0 amide bonds. The lowest BCUT2D eigenvalue weighted by atomic mass is 10.4. The molecule has 7 nitrogen and oxygen atoms in total. The van der Waals surface area contributed by atoms with Gasteiger partial charge in [0, 0.05) is 26.3 Å². The van der Waals surface area contributed by atoms with Crippen molar-refractivity contribution < 1.29 is 0 Å². The van der Waals surface area contributed by atoms with Crippen molar-refractivity contribution >= 4 is 35.3 Å². The lowest BCUT2D eigenvalue weighted by molar-refractivity contribution is 0.747. The highest BCUT2D eigenvalue weighted by atomic mass is 35.5. The van der Waals surface area contributed by atoms with Gasteiger partial charge in [-0.25, -0.2) is 14.2 Å². The van der Waals surface area contributed by atoms with Gasteiger partial charge in [-0.2, -0.15) is 4.98 Å². The fourth-order valence-electron chi connectivity index (χ4n) is 2.67. The second-order valence-corrected chi connectivity index (χ2v) is 5.98. The van der Waals surface area contributed by atoms with E-state index in [2.05, 4.69) is 25.1 Å². The zero-order valence-corrected chi connectivity index (χ0v) is 13.5. The molecule has 4 rings (SSSR count). The number of pyridine rings is 1. The summed E-state index contributed by atoms with van der Waals surface area (Å²) in [7, 11) is 1.89. The number of nitrogens with zero attached hydrogens (tertiary/aromatic N) is 7. The van der Waals surface area contributed by atoms with Crippen molar-refractivity contribution in [3.8, 4) is 0 Å². The van der Waals surface area contributed by atoms with E-state index < -0.39 is 0 Å². The first-order valence-electron chi connectivity index (χ1n) is 7.55. The van der Waals surface area contributed by atoms with Crippen molar-refractivity contribution in [3.05, 3.63) is 35.0 Å². The molecule has 1 aliphatic rings. The van der Waals surface area contributed by atoms with E-state index in [1.807, 2.05) is 25.3 Å². The minimum Gasteiger partial charge on any atom is -0.340 e. The molecule has 118 valence electrons. The van der Waals surface area contributed by atoms with Crippen LogP contribution in [-0.4, -0.2) is 42.5 Å². The molecular weight excluding hydrogens is 314 g/mol. The molecule has 3 aromatic rings. The van der Waals surface area contributed by atoms with E-state index in [9.17, 15) is 0 Å². The standard InChI is InChI=1S/C15H16ClN7/c1-21-13(18-15(20-21)22-8-2-3-9-22)7-5-12-17-14-6-4-11(16)10-23(14)19-12/h4-7,10H,2-3,8-9H2,1H3/b7-5+. The lowest BCUT2D eigenvalue weighted by Crippen LogP contribution is -2.19. The van der Waals surface area contributed by atoms with Crippen LogP contribution in [0, 0.1) is 0 Å². The highest BCUT2D eigenvalue weighted by Crippen LogP contribution is 2.17. The maximum absolute atomic E-state index is 5.95. The predicted molar refractivity (Wildman–Crippen MR) is 89.4 cm³/mol. The molecule has 3 aromatic heterocycles. The van der Waals surface area contributed by atoms with Crippen LogP contribution in [0.4, 0.5) is 5.95 Å². The first-order chi connectivity index (χ1) is 11.2. The fourth-order valence-corrected chi connectivity index (χ4v) is 2.83. The first kappa shape index (κ1) is 14.2. The fraction of sp³-hybridized carbons (Fsp3) is 0.333. The van der Waals surface area contributed by atoms with Gasteiger partial charge >= 0.3 is 0 Å². The third kappa shape index (κ3) is 2.79. The van der Waals surface area contributed by atoms with Gasteiger partial charge in [0.25, 0.3) is 0 Å². The number of hydrogen-bond donors (Lipinski definition) is 0. The van der Waals surface area contributed by atoms with Gasteiger partial charge in [0.1, 0.15) is 0 Å². The first-order valence-corrected chi connectivity index (χ1v) is 7.93. The number of aromatic nitrogens is 6. The van der Waals surface area contributed by atoms with Crippen molar-refractivity contribution in [1.29, 1.82) is 0 Å². The summed E-state index contributed by atoms with van der Waals surface area (Å²) in [5.74, 6) is 2.18. The average molecular weight is 330 g/mol. The van der Waals surface area contributed by atoms with Crippen molar-refractivity contribution in [2.24, 2.45) is 7.05 Å². The van der Waals surface area contributed by atoms with Crippen LogP contribution >= 0.6 is 11.6 Å². The van der Waals surface area contributed by atoms with Crippen LogP contribution in [0.15, 0.2) is 18.3 Å². The summed E-state index contributed by atoms with van der Waals surface area (Å²) in [5, 5.41) is 9.47. The Morgan fingerprint density at radius 1 is 1.09 bits per heavy atom. The Balaban J connectivity index is 1.59. The molecule has 1 aliphatic heterocycles. The quantitative estimate of drug-likeness (QED) is 0.737. The molecule has 0 bridgehead atoms. The zero-order chi connectivity index (χ0) is 15.8. The monoisotopic (exact) mass is 329 g/mol. The molecule has 1 saturated heterocycles. The average Bonchev–Trinajstić information content (AvgIpc) is 3.23. The van der Waals surface area contributed by atoms with Crippen molar-refractivity contribution in [1.82, 2.24) is 29.4 Å².